The molecule has 2 aromatic carbocycles. The Morgan fingerprint density at radius 3 is 2.18 bits per heavy atom. The SMILES string of the molecule is CCOc1ccccc1CCC(=O)OCC(=O)Nc1c(CC)cccc1CC. The molecule has 0 atom stereocenters. The maximum absolute atomic E-state index is 12.3. The zero-order valence-corrected chi connectivity index (χ0v) is 16.9. The van der Waals surface area contributed by atoms with Crippen LogP contribution in [0.15, 0.2) is 42.5 Å². The van der Waals surface area contributed by atoms with Crippen LogP contribution in [0.25, 0.3) is 0 Å². The zero-order valence-electron chi connectivity index (χ0n) is 16.9. The third kappa shape index (κ3) is 6.12. The Kier molecular flexibility index (Phi) is 8.53. The summed E-state index contributed by atoms with van der Waals surface area (Å²) in [6.45, 7) is 6.30. The van der Waals surface area contributed by atoms with Crippen LogP contribution < -0.4 is 10.1 Å². The lowest BCUT2D eigenvalue weighted by Gasteiger charge is -2.14. The number of nitrogens with one attached hydrogen (secondary N) is 1. The second kappa shape index (κ2) is 11.1. The summed E-state index contributed by atoms with van der Waals surface area (Å²) in [6.07, 6.45) is 2.35. The Labute approximate surface area is 167 Å². The molecule has 28 heavy (non-hydrogen) atoms. The molecule has 0 unspecified atom stereocenters. The van der Waals surface area contributed by atoms with Crippen LogP contribution in [0.3, 0.4) is 0 Å². The van der Waals surface area contributed by atoms with Crippen LogP contribution >= 0.6 is 0 Å². The van der Waals surface area contributed by atoms with Gasteiger partial charge in [-0.2, -0.15) is 0 Å². The lowest BCUT2D eigenvalue weighted by molar-refractivity contribution is -0.147. The van der Waals surface area contributed by atoms with Crippen LogP contribution in [0.5, 0.6) is 5.75 Å². The third-order valence-corrected chi connectivity index (χ3v) is 4.50. The van der Waals surface area contributed by atoms with E-state index in [0.717, 1.165) is 41.0 Å². The standard InChI is InChI=1S/C23H29NO4/c1-4-17-11-9-12-18(5-2)23(17)24-21(25)16-28-22(26)15-14-19-10-7-8-13-20(19)27-6-3/h7-13H,4-6,14-16H2,1-3H3,(H,24,25). The lowest BCUT2D eigenvalue weighted by Crippen LogP contribution is -2.22. The van der Waals surface area contributed by atoms with Crippen LogP contribution in [0.4, 0.5) is 5.69 Å². The summed E-state index contributed by atoms with van der Waals surface area (Å²) in [5, 5.41) is 2.90. The number of benzene rings is 2. The number of ether oxygens (including phenoxy) is 2. The third-order valence-electron chi connectivity index (χ3n) is 4.50. The van der Waals surface area contributed by atoms with Crippen molar-refractivity contribution in [2.24, 2.45) is 0 Å². The van der Waals surface area contributed by atoms with Crippen molar-refractivity contribution in [3.63, 3.8) is 0 Å². The fourth-order valence-corrected chi connectivity index (χ4v) is 3.04. The Morgan fingerprint density at radius 2 is 1.54 bits per heavy atom. The van der Waals surface area contributed by atoms with Crippen molar-refractivity contribution >= 4 is 17.6 Å². The average molecular weight is 383 g/mol. The number of carbonyl (C=O) groups is 2. The second-order valence-electron chi connectivity index (χ2n) is 6.41. The van der Waals surface area contributed by atoms with Crippen molar-refractivity contribution in [3.8, 4) is 5.75 Å². The maximum atomic E-state index is 12.3. The molecule has 0 aliphatic heterocycles. The van der Waals surface area contributed by atoms with Gasteiger partial charge in [0.2, 0.25) is 0 Å². The molecule has 2 aromatic rings. The minimum atomic E-state index is -0.402. The quantitative estimate of drug-likeness (QED) is 0.621. The molecule has 0 saturated carbocycles. The van der Waals surface area contributed by atoms with Gasteiger partial charge in [-0.25, -0.2) is 0 Å². The summed E-state index contributed by atoms with van der Waals surface area (Å²) in [6, 6.07) is 13.6. The first-order valence-corrected chi connectivity index (χ1v) is 9.85. The molecule has 2 rings (SSSR count). The number of amides is 1. The van der Waals surface area contributed by atoms with Gasteiger partial charge in [0.25, 0.3) is 5.91 Å². The zero-order chi connectivity index (χ0) is 20.4. The predicted octanol–water partition coefficient (Wildman–Crippen LogP) is 4.32. The van der Waals surface area contributed by atoms with Gasteiger partial charge in [-0.15, -0.1) is 0 Å². The summed E-state index contributed by atoms with van der Waals surface area (Å²) < 4.78 is 10.7. The first-order valence-electron chi connectivity index (χ1n) is 9.85. The number of rotatable bonds is 10. The van der Waals surface area contributed by atoms with Crippen LogP contribution in [-0.4, -0.2) is 25.1 Å². The summed E-state index contributed by atoms with van der Waals surface area (Å²) in [5.41, 5.74) is 3.94. The molecule has 150 valence electrons. The molecular formula is C23H29NO4. The van der Waals surface area contributed by atoms with E-state index in [4.69, 9.17) is 9.47 Å². The highest BCUT2D eigenvalue weighted by atomic mass is 16.5. The molecule has 0 radical (unpaired) electrons. The van der Waals surface area contributed by atoms with Crippen molar-refractivity contribution in [1.82, 2.24) is 0 Å². The smallest absolute Gasteiger partial charge is 0.306 e. The molecule has 1 N–H and O–H groups in total. The molecule has 1 amide bonds. The Hall–Kier alpha value is -2.82. The molecule has 0 bridgehead atoms. The van der Waals surface area contributed by atoms with Crippen molar-refractivity contribution in [2.75, 3.05) is 18.5 Å². The fourth-order valence-electron chi connectivity index (χ4n) is 3.04. The fraction of sp³-hybridized carbons (Fsp3) is 0.391. The van der Waals surface area contributed by atoms with Gasteiger partial charge in [-0.05, 0) is 48.9 Å². The monoisotopic (exact) mass is 383 g/mol. The molecule has 5 heteroatoms. The normalized spacial score (nSPS) is 10.4. The van der Waals surface area contributed by atoms with Crippen molar-refractivity contribution in [2.45, 2.75) is 46.5 Å². The van der Waals surface area contributed by atoms with E-state index in [9.17, 15) is 9.59 Å². The van der Waals surface area contributed by atoms with E-state index >= 15 is 0 Å². The van der Waals surface area contributed by atoms with Crippen LogP contribution in [0, 0.1) is 0 Å². The van der Waals surface area contributed by atoms with Crippen molar-refractivity contribution in [3.05, 3.63) is 59.2 Å². The number of esters is 1. The largest absolute Gasteiger partial charge is 0.494 e. The van der Waals surface area contributed by atoms with Crippen molar-refractivity contribution < 1.29 is 19.1 Å². The Balaban J connectivity index is 1.86. The second-order valence-corrected chi connectivity index (χ2v) is 6.41. The van der Waals surface area contributed by atoms with Gasteiger partial charge >= 0.3 is 5.97 Å². The Bertz CT molecular complexity index is 779. The summed E-state index contributed by atoms with van der Waals surface area (Å²) >= 11 is 0. The molecule has 0 spiro atoms. The van der Waals surface area contributed by atoms with E-state index in [-0.39, 0.29) is 18.9 Å². The highest BCUT2D eigenvalue weighted by molar-refractivity contribution is 5.94. The van der Waals surface area contributed by atoms with Gasteiger partial charge < -0.3 is 14.8 Å². The van der Waals surface area contributed by atoms with Gasteiger partial charge in [-0.3, -0.25) is 9.59 Å². The molecule has 0 aromatic heterocycles. The number of aryl methyl sites for hydroxylation is 3. The highest BCUT2D eigenvalue weighted by Crippen LogP contribution is 2.22. The van der Waals surface area contributed by atoms with Gasteiger partial charge in [0.15, 0.2) is 6.61 Å². The van der Waals surface area contributed by atoms with E-state index in [0.29, 0.717) is 13.0 Å². The first kappa shape index (κ1) is 21.5. The van der Waals surface area contributed by atoms with Gasteiger partial charge in [0.05, 0.1) is 6.61 Å². The van der Waals surface area contributed by atoms with E-state index in [1.807, 2.05) is 63.2 Å². The van der Waals surface area contributed by atoms with Gasteiger partial charge in [-0.1, -0.05) is 50.2 Å². The van der Waals surface area contributed by atoms with Crippen LogP contribution in [-0.2, 0) is 33.6 Å². The topological polar surface area (TPSA) is 64.6 Å². The molecule has 0 heterocycles. The van der Waals surface area contributed by atoms with E-state index in [1.165, 1.54) is 0 Å². The van der Waals surface area contributed by atoms with Crippen LogP contribution in [0.1, 0.15) is 43.9 Å². The van der Waals surface area contributed by atoms with Gasteiger partial charge in [0.1, 0.15) is 5.75 Å². The Morgan fingerprint density at radius 1 is 0.893 bits per heavy atom. The average Bonchev–Trinajstić information content (AvgIpc) is 2.72. The van der Waals surface area contributed by atoms with Gasteiger partial charge in [0, 0.05) is 12.1 Å². The van der Waals surface area contributed by atoms with Crippen molar-refractivity contribution in [1.29, 1.82) is 0 Å². The number of hydrogen-bond donors (Lipinski definition) is 1. The minimum Gasteiger partial charge on any atom is -0.494 e. The maximum Gasteiger partial charge on any atom is 0.306 e. The minimum absolute atomic E-state index is 0.198. The molecule has 0 aliphatic carbocycles. The summed E-state index contributed by atoms with van der Waals surface area (Å²) in [4.78, 5) is 24.3. The number of hydrogen-bond acceptors (Lipinski definition) is 4. The predicted molar refractivity (Wildman–Crippen MR) is 111 cm³/mol. The molecule has 0 saturated heterocycles. The number of para-hydroxylation sites is 2. The molecule has 5 nitrogen and oxygen atoms in total. The number of anilines is 1. The first-order chi connectivity index (χ1) is 13.6. The molecule has 0 fully saturated rings. The number of carbonyl (C=O) groups excluding carboxylic acids is 2. The van der Waals surface area contributed by atoms with E-state index < -0.39 is 5.97 Å². The molecule has 0 aliphatic rings. The lowest BCUT2D eigenvalue weighted by atomic mass is 10.0. The van der Waals surface area contributed by atoms with E-state index in [2.05, 4.69) is 5.32 Å². The van der Waals surface area contributed by atoms with E-state index in [1.54, 1.807) is 0 Å². The van der Waals surface area contributed by atoms with Crippen LogP contribution in [0.2, 0.25) is 0 Å². The summed E-state index contributed by atoms with van der Waals surface area (Å²) in [7, 11) is 0. The summed E-state index contributed by atoms with van der Waals surface area (Å²) in [5.74, 6) is 0.0541. The highest BCUT2D eigenvalue weighted by Gasteiger charge is 2.13. The molecular weight excluding hydrogens is 354 g/mol.